The molecule has 0 aromatic carbocycles. The van der Waals surface area contributed by atoms with E-state index >= 15 is 0 Å². The molecule has 0 spiro atoms. The highest BCUT2D eigenvalue weighted by atomic mass is 35.5. The Labute approximate surface area is 196 Å². The molecule has 1 aliphatic rings. The summed E-state index contributed by atoms with van der Waals surface area (Å²) in [6.45, 7) is 7.54. The van der Waals surface area contributed by atoms with Crippen molar-refractivity contribution in [2.24, 2.45) is 0 Å². The lowest BCUT2D eigenvalue weighted by Gasteiger charge is -2.40. The second kappa shape index (κ2) is 8.78. The topological polar surface area (TPSA) is 78.4 Å². The second-order valence-electron chi connectivity index (χ2n) is 8.65. The Morgan fingerprint density at radius 1 is 1.15 bits per heavy atom. The van der Waals surface area contributed by atoms with E-state index in [1.165, 1.54) is 0 Å². The number of halogens is 1. The number of pyridine rings is 2. The van der Waals surface area contributed by atoms with Crippen LogP contribution in [0.4, 0.5) is 5.69 Å². The Hall–Kier alpha value is -2.94. The van der Waals surface area contributed by atoms with Gasteiger partial charge in [-0.15, -0.1) is 11.6 Å². The molecular weight excluding hydrogens is 440 g/mol. The summed E-state index contributed by atoms with van der Waals surface area (Å²) < 4.78 is 3.54. The van der Waals surface area contributed by atoms with Gasteiger partial charge in [-0.3, -0.25) is 14.1 Å². The highest BCUT2D eigenvalue weighted by Gasteiger charge is 2.23. The Morgan fingerprint density at radius 2 is 2.00 bits per heavy atom. The second-order valence-corrected chi connectivity index (χ2v) is 8.92. The number of hydrogen-bond donors (Lipinski definition) is 1. The summed E-state index contributed by atoms with van der Waals surface area (Å²) in [7, 11) is 0. The van der Waals surface area contributed by atoms with Gasteiger partial charge in [0.05, 0.1) is 29.6 Å². The van der Waals surface area contributed by atoms with E-state index in [1.807, 2.05) is 48.1 Å². The van der Waals surface area contributed by atoms with Crippen molar-refractivity contribution in [3.05, 3.63) is 64.5 Å². The maximum atomic E-state index is 13.1. The fourth-order valence-corrected chi connectivity index (χ4v) is 4.84. The van der Waals surface area contributed by atoms with Gasteiger partial charge in [-0.25, -0.2) is 9.97 Å². The van der Waals surface area contributed by atoms with Crippen molar-refractivity contribution in [2.75, 3.05) is 37.7 Å². The molecule has 1 atom stereocenters. The van der Waals surface area contributed by atoms with Crippen LogP contribution in [-0.4, -0.2) is 67.6 Å². The molecule has 0 saturated carbocycles. The molecule has 9 heteroatoms. The van der Waals surface area contributed by atoms with E-state index in [2.05, 4.69) is 21.7 Å². The largest absolute Gasteiger partial charge is 0.395 e. The molecular formula is C24H27ClN6O2. The van der Waals surface area contributed by atoms with E-state index in [-0.39, 0.29) is 12.2 Å². The molecule has 172 valence electrons. The number of fused-ring (bicyclic) bond motifs is 2. The predicted molar refractivity (Wildman–Crippen MR) is 130 cm³/mol. The van der Waals surface area contributed by atoms with Crippen LogP contribution in [0.5, 0.6) is 0 Å². The lowest BCUT2D eigenvalue weighted by atomic mass is 10.1. The van der Waals surface area contributed by atoms with Crippen LogP contribution in [0.15, 0.2) is 47.7 Å². The maximum Gasteiger partial charge on any atom is 0.258 e. The van der Waals surface area contributed by atoms with Gasteiger partial charge in [-0.2, -0.15) is 0 Å². The molecule has 1 unspecified atom stereocenters. The van der Waals surface area contributed by atoms with Crippen LogP contribution in [0, 0.1) is 6.92 Å². The van der Waals surface area contributed by atoms with Crippen LogP contribution >= 0.6 is 11.6 Å². The van der Waals surface area contributed by atoms with E-state index in [1.54, 1.807) is 10.5 Å². The molecule has 1 N–H and O–H groups in total. The van der Waals surface area contributed by atoms with Gasteiger partial charge in [0, 0.05) is 68.0 Å². The van der Waals surface area contributed by atoms with Crippen molar-refractivity contribution in [1.82, 2.24) is 23.7 Å². The average Bonchev–Trinajstić information content (AvgIpc) is 3.19. The molecule has 4 aromatic heterocycles. The first-order valence-corrected chi connectivity index (χ1v) is 11.7. The summed E-state index contributed by atoms with van der Waals surface area (Å²) in [5.41, 5.74) is 5.53. The number of nitrogens with zero attached hydrogens (tertiary/aromatic N) is 6. The number of hydrogen-bond acceptors (Lipinski definition) is 6. The minimum absolute atomic E-state index is 0.127. The van der Waals surface area contributed by atoms with Gasteiger partial charge in [0.2, 0.25) is 0 Å². The number of aliphatic hydroxyl groups excluding tert-OH is 1. The SMILES string of the molecule is Cc1cn2cc(-c3cc(=O)n4cc(N5CCN(CCO)C(C)C5)ccc4n3)cc(CCl)c2n1. The highest BCUT2D eigenvalue weighted by Crippen LogP contribution is 2.24. The number of piperazine rings is 1. The molecule has 5 heterocycles. The number of aliphatic hydroxyl groups is 1. The van der Waals surface area contributed by atoms with Crippen LogP contribution in [0.25, 0.3) is 22.6 Å². The molecule has 5 rings (SSSR count). The minimum Gasteiger partial charge on any atom is -0.395 e. The van der Waals surface area contributed by atoms with Crippen LogP contribution in [0.1, 0.15) is 18.2 Å². The smallest absolute Gasteiger partial charge is 0.258 e. The number of β-amino-alcohol motifs (C(OH)–C–C–N with tert-alkyl or cyclic N) is 1. The van der Waals surface area contributed by atoms with Crippen LogP contribution in [0.3, 0.4) is 0 Å². The summed E-state index contributed by atoms with van der Waals surface area (Å²) >= 11 is 6.17. The zero-order valence-electron chi connectivity index (χ0n) is 18.8. The van der Waals surface area contributed by atoms with Gasteiger partial charge < -0.3 is 14.4 Å². The predicted octanol–water partition coefficient (Wildman–Crippen LogP) is 2.56. The number of imidazole rings is 1. The summed E-state index contributed by atoms with van der Waals surface area (Å²) in [6.07, 6.45) is 5.75. The molecule has 0 bridgehead atoms. The number of aryl methyl sites for hydroxylation is 1. The van der Waals surface area contributed by atoms with Gasteiger partial charge >= 0.3 is 0 Å². The molecule has 1 saturated heterocycles. The first kappa shape index (κ1) is 21.9. The lowest BCUT2D eigenvalue weighted by Crippen LogP contribution is -2.52. The Morgan fingerprint density at radius 3 is 2.76 bits per heavy atom. The highest BCUT2D eigenvalue weighted by molar-refractivity contribution is 6.17. The average molecular weight is 467 g/mol. The monoisotopic (exact) mass is 466 g/mol. The molecule has 0 aliphatic carbocycles. The van der Waals surface area contributed by atoms with Crippen molar-refractivity contribution < 1.29 is 5.11 Å². The normalized spacial score (nSPS) is 17.3. The quantitative estimate of drug-likeness (QED) is 0.455. The Bertz CT molecular complexity index is 1380. The van der Waals surface area contributed by atoms with Gasteiger partial charge in [0.1, 0.15) is 11.3 Å². The van der Waals surface area contributed by atoms with Crippen molar-refractivity contribution >= 4 is 28.6 Å². The van der Waals surface area contributed by atoms with E-state index in [0.29, 0.717) is 29.8 Å². The first-order valence-electron chi connectivity index (χ1n) is 11.1. The van der Waals surface area contributed by atoms with Gasteiger partial charge in [0.25, 0.3) is 5.56 Å². The van der Waals surface area contributed by atoms with Gasteiger partial charge in [-0.05, 0) is 32.0 Å². The lowest BCUT2D eigenvalue weighted by molar-refractivity contribution is 0.146. The molecule has 1 aliphatic heterocycles. The standard InChI is InChI=1S/C24H27ClN6O2/c1-16-12-30-14-19(9-18(11-25)24(30)26-16)21-10-23(33)31-15-20(3-4-22(31)27-21)29-6-5-28(7-8-32)17(2)13-29/h3-4,9-10,12,14-15,17,32H,5-8,11,13H2,1-2H3. The van der Waals surface area contributed by atoms with Crippen LogP contribution in [0.2, 0.25) is 0 Å². The molecule has 0 amide bonds. The zero-order valence-corrected chi connectivity index (χ0v) is 19.5. The molecule has 8 nitrogen and oxygen atoms in total. The third-order valence-corrected chi connectivity index (χ3v) is 6.64. The van der Waals surface area contributed by atoms with E-state index < -0.39 is 0 Å². The molecule has 4 aromatic rings. The molecule has 1 fully saturated rings. The van der Waals surface area contributed by atoms with E-state index in [0.717, 1.165) is 47.8 Å². The maximum absolute atomic E-state index is 13.1. The third kappa shape index (κ3) is 4.10. The minimum atomic E-state index is -0.127. The number of anilines is 1. The number of alkyl halides is 1. The van der Waals surface area contributed by atoms with Gasteiger partial charge in [0.15, 0.2) is 0 Å². The Kier molecular flexibility index (Phi) is 5.82. The summed E-state index contributed by atoms with van der Waals surface area (Å²) in [6, 6.07) is 7.77. The van der Waals surface area contributed by atoms with E-state index in [9.17, 15) is 9.90 Å². The summed E-state index contributed by atoms with van der Waals surface area (Å²) in [5, 5.41) is 9.24. The fourth-order valence-electron chi connectivity index (χ4n) is 4.65. The molecule has 0 radical (unpaired) electrons. The van der Waals surface area contributed by atoms with Gasteiger partial charge in [-0.1, -0.05) is 0 Å². The van der Waals surface area contributed by atoms with Crippen molar-refractivity contribution in [3.8, 4) is 11.3 Å². The number of rotatable bonds is 5. The number of aromatic nitrogens is 4. The van der Waals surface area contributed by atoms with Crippen LogP contribution < -0.4 is 10.5 Å². The van der Waals surface area contributed by atoms with Crippen molar-refractivity contribution in [2.45, 2.75) is 25.8 Å². The summed E-state index contributed by atoms with van der Waals surface area (Å²) in [4.78, 5) is 26.9. The Balaban J connectivity index is 1.50. The fraction of sp³-hybridized carbons (Fsp3) is 0.375. The summed E-state index contributed by atoms with van der Waals surface area (Å²) in [5.74, 6) is 0.327. The zero-order chi connectivity index (χ0) is 23.1. The first-order chi connectivity index (χ1) is 16.0. The molecule has 33 heavy (non-hydrogen) atoms. The third-order valence-electron chi connectivity index (χ3n) is 6.35. The van der Waals surface area contributed by atoms with Crippen molar-refractivity contribution in [3.63, 3.8) is 0 Å². The van der Waals surface area contributed by atoms with E-state index in [4.69, 9.17) is 16.6 Å². The van der Waals surface area contributed by atoms with Crippen molar-refractivity contribution in [1.29, 1.82) is 0 Å². The van der Waals surface area contributed by atoms with Crippen LogP contribution in [-0.2, 0) is 5.88 Å².